The van der Waals surface area contributed by atoms with Gasteiger partial charge in [0.25, 0.3) is 5.56 Å². The van der Waals surface area contributed by atoms with Crippen molar-refractivity contribution in [3.63, 3.8) is 0 Å². The molecule has 0 aliphatic heterocycles. The number of pyridine rings is 1. The Hall–Kier alpha value is -3.91. The molecule has 1 aromatic carbocycles. The summed E-state index contributed by atoms with van der Waals surface area (Å²) in [6.07, 6.45) is -4.11. The third-order valence-corrected chi connectivity index (χ3v) is 6.25. The number of aromatic amines is 1. The van der Waals surface area contributed by atoms with Gasteiger partial charge in [-0.1, -0.05) is 0 Å². The molecule has 7 nitrogen and oxygen atoms in total. The van der Waals surface area contributed by atoms with Crippen LogP contribution in [0.15, 0.2) is 52.2 Å². The molecule has 168 valence electrons. The van der Waals surface area contributed by atoms with E-state index < -0.39 is 30.4 Å². The Morgan fingerprint density at radius 2 is 1.91 bits per heavy atom. The molecular formula is C22H15F3N4O3S. The zero-order chi connectivity index (χ0) is 23.8. The van der Waals surface area contributed by atoms with Gasteiger partial charge in [-0.05, 0) is 42.8 Å². The second kappa shape index (κ2) is 8.55. The van der Waals surface area contributed by atoms with E-state index in [-0.39, 0.29) is 10.2 Å². The van der Waals surface area contributed by atoms with Gasteiger partial charge in [-0.3, -0.25) is 14.3 Å². The van der Waals surface area contributed by atoms with E-state index >= 15 is 0 Å². The summed E-state index contributed by atoms with van der Waals surface area (Å²) >= 11 is 1.06. The predicted octanol–water partition coefficient (Wildman–Crippen LogP) is 4.74. The van der Waals surface area contributed by atoms with Gasteiger partial charge in [0.1, 0.15) is 10.6 Å². The number of nitriles is 1. The number of rotatable bonds is 5. The van der Waals surface area contributed by atoms with Gasteiger partial charge in [-0.25, -0.2) is 9.78 Å². The lowest BCUT2D eigenvalue weighted by molar-refractivity contribution is -0.136. The summed E-state index contributed by atoms with van der Waals surface area (Å²) in [5.41, 5.74) is 0.130. The molecule has 0 saturated carbocycles. The van der Waals surface area contributed by atoms with Crippen molar-refractivity contribution in [2.45, 2.75) is 26.1 Å². The normalized spacial score (nSPS) is 11.5. The average Bonchev–Trinajstić information content (AvgIpc) is 3.11. The molecule has 0 spiro atoms. The van der Waals surface area contributed by atoms with Crippen LogP contribution in [-0.2, 0) is 6.54 Å². The second-order valence-electron chi connectivity index (χ2n) is 7.14. The first-order valence-electron chi connectivity index (χ1n) is 9.63. The van der Waals surface area contributed by atoms with Crippen LogP contribution in [0.4, 0.5) is 13.2 Å². The Balaban J connectivity index is 1.68. The third-order valence-electron chi connectivity index (χ3n) is 4.89. The van der Waals surface area contributed by atoms with Crippen LogP contribution in [0.2, 0.25) is 0 Å². The number of thiophene rings is 1. The maximum atomic E-state index is 12.7. The van der Waals surface area contributed by atoms with Crippen molar-refractivity contribution in [1.82, 2.24) is 14.5 Å². The highest BCUT2D eigenvalue weighted by Gasteiger charge is 2.28. The Labute approximate surface area is 188 Å². The van der Waals surface area contributed by atoms with Crippen molar-refractivity contribution in [2.24, 2.45) is 0 Å². The summed E-state index contributed by atoms with van der Waals surface area (Å²) in [4.78, 5) is 31.7. The highest BCUT2D eigenvalue weighted by Crippen LogP contribution is 2.36. The van der Waals surface area contributed by atoms with Crippen LogP contribution in [0.1, 0.15) is 17.5 Å². The molecule has 0 amide bonds. The lowest BCUT2D eigenvalue weighted by Crippen LogP contribution is -2.31. The smallest absolute Gasteiger partial charge is 0.390 e. The van der Waals surface area contributed by atoms with Gasteiger partial charge in [0.15, 0.2) is 0 Å². The summed E-state index contributed by atoms with van der Waals surface area (Å²) < 4.78 is 44.7. The first-order valence-corrected chi connectivity index (χ1v) is 10.5. The number of nitrogens with zero attached hydrogens (tertiary/aromatic N) is 3. The summed E-state index contributed by atoms with van der Waals surface area (Å²) in [5.74, 6) is 0.787. The number of hydrogen-bond acceptors (Lipinski definition) is 6. The Morgan fingerprint density at radius 1 is 1.18 bits per heavy atom. The minimum absolute atomic E-state index is 0.176. The van der Waals surface area contributed by atoms with E-state index in [2.05, 4.69) is 9.97 Å². The molecule has 0 aliphatic rings. The lowest BCUT2D eigenvalue weighted by Gasteiger charge is -2.09. The zero-order valence-corrected chi connectivity index (χ0v) is 17.9. The van der Waals surface area contributed by atoms with Crippen molar-refractivity contribution < 1.29 is 17.9 Å². The molecular weight excluding hydrogens is 457 g/mol. The number of fused-ring (bicyclic) bond motifs is 1. The van der Waals surface area contributed by atoms with E-state index in [9.17, 15) is 22.8 Å². The van der Waals surface area contributed by atoms with E-state index in [0.29, 0.717) is 33.2 Å². The SMILES string of the molecule is Cc1c(-c2ccc(Oc3ccc(C#N)cc3)nc2)sc2c1c(=O)[nH]c(=O)n2CCC(F)(F)F. The molecule has 1 N–H and O–H groups in total. The Morgan fingerprint density at radius 3 is 2.52 bits per heavy atom. The summed E-state index contributed by atoms with van der Waals surface area (Å²) in [6, 6.07) is 11.8. The fourth-order valence-corrected chi connectivity index (χ4v) is 4.60. The number of ether oxygens (including phenoxy) is 1. The Bertz CT molecular complexity index is 1480. The number of H-pyrrole nitrogens is 1. The van der Waals surface area contributed by atoms with E-state index in [4.69, 9.17) is 10.00 Å². The number of nitrogens with one attached hydrogen (secondary N) is 1. The molecule has 0 saturated heterocycles. The van der Waals surface area contributed by atoms with Gasteiger partial charge in [0.05, 0.1) is 23.4 Å². The number of benzene rings is 1. The molecule has 4 aromatic rings. The van der Waals surface area contributed by atoms with Crippen LogP contribution in [0.25, 0.3) is 20.7 Å². The molecule has 0 bridgehead atoms. The molecule has 11 heteroatoms. The third kappa shape index (κ3) is 4.65. The molecule has 3 aromatic heterocycles. The summed E-state index contributed by atoms with van der Waals surface area (Å²) in [6.45, 7) is 1.08. The largest absolute Gasteiger partial charge is 0.439 e. The molecule has 0 aliphatic carbocycles. The predicted molar refractivity (Wildman–Crippen MR) is 117 cm³/mol. The van der Waals surface area contributed by atoms with Crippen LogP contribution >= 0.6 is 11.3 Å². The fourth-order valence-electron chi connectivity index (χ4n) is 3.29. The van der Waals surface area contributed by atoms with Crippen molar-refractivity contribution in [3.8, 4) is 28.1 Å². The highest BCUT2D eigenvalue weighted by atomic mass is 32.1. The number of hydrogen-bond donors (Lipinski definition) is 1. The first-order chi connectivity index (χ1) is 15.7. The quantitative estimate of drug-likeness (QED) is 0.452. The molecule has 3 heterocycles. The molecule has 4 rings (SSSR count). The van der Waals surface area contributed by atoms with Crippen LogP contribution in [0.5, 0.6) is 11.6 Å². The number of halogens is 3. The van der Waals surface area contributed by atoms with Crippen molar-refractivity contribution in [3.05, 3.63) is 74.6 Å². The van der Waals surface area contributed by atoms with E-state index in [1.54, 1.807) is 43.3 Å². The summed E-state index contributed by atoms with van der Waals surface area (Å²) in [7, 11) is 0. The maximum Gasteiger partial charge on any atom is 0.390 e. The van der Waals surface area contributed by atoms with Crippen molar-refractivity contribution in [2.75, 3.05) is 0 Å². The number of aryl methyl sites for hydroxylation is 2. The van der Waals surface area contributed by atoms with Gasteiger partial charge in [0.2, 0.25) is 5.88 Å². The zero-order valence-electron chi connectivity index (χ0n) is 17.1. The van der Waals surface area contributed by atoms with Crippen LogP contribution in [0.3, 0.4) is 0 Å². The minimum Gasteiger partial charge on any atom is -0.439 e. The van der Waals surface area contributed by atoms with Gasteiger partial charge in [0, 0.05) is 29.2 Å². The fraction of sp³-hybridized carbons (Fsp3) is 0.182. The van der Waals surface area contributed by atoms with Crippen LogP contribution in [0, 0.1) is 18.3 Å². The van der Waals surface area contributed by atoms with Gasteiger partial charge >= 0.3 is 11.9 Å². The Kier molecular flexibility index (Phi) is 5.78. The summed E-state index contributed by atoms with van der Waals surface area (Å²) in [5, 5.41) is 9.03. The monoisotopic (exact) mass is 472 g/mol. The topological polar surface area (TPSA) is 101 Å². The van der Waals surface area contributed by atoms with E-state index in [1.165, 1.54) is 6.20 Å². The number of alkyl halides is 3. The molecule has 0 unspecified atom stereocenters. The van der Waals surface area contributed by atoms with Gasteiger partial charge in [-0.15, -0.1) is 11.3 Å². The highest BCUT2D eigenvalue weighted by molar-refractivity contribution is 7.22. The first kappa shape index (κ1) is 22.3. The maximum absolute atomic E-state index is 12.7. The van der Waals surface area contributed by atoms with E-state index in [0.717, 1.165) is 15.9 Å². The molecule has 0 fully saturated rings. The van der Waals surface area contributed by atoms with Crippen molar-refractivity contribution >= 4 is 21.6 Å². The van der Waals surface area contributed by atoms with Crippen LogP contribution in [-0.4, -0.2) is 20.7 Å². The average molecular weight is 472 g/mol. The van der Waals surface area contributed by atoms with E-state index in [1.807, 2.05) is 6.07 Å². The minimum atomic E-state index is -4.44. The van der Waals surface area contributed by atoms with Gasteiger partial charge < -0.3 is 4.74 Å². The standard InChI is InChI=1S/C22H15F3N4O3S/c1-12-17-19(30)28-21(31)29(9-8-22(23,24)25)20(17)33-18(12)14-4-7-16(27-11-14)32-15-5-2-13(10-26)3-6-15/h2-7,11H,8-9H2,1H3,(H,28,30,31). The lowest BCUT2D eigenvalue weighted by atomic mass is 10.1. The molecule has 0 atom stereocenters. The van der Waals surface area contributed by atoms with Crippen molar-refractivity contribution in [1.29, 1.82) is 5.26 Å². The number of aromatic nitrogens is 3. The second-order valence-corrected chi connectivity index (χ2v) is 8.13. The van der Waals surface area contributed by atoms with Crippen LogP contribution < -0.4 is 16.0 Å². The molecule has 0 radical (unpaired) electrons. The molecule has 33 heavy (non-hydrogen) atoms. The van der Waals surface area contributed by atoms with Gasteiger partial charge in [-0.2, -0.15) is 18.4 Å².